The molecule has 0 unspecified atom stereocenters. The molecular formula is C15H23ClFN3O2. The van der Waals surface area contributed by atoms with Crippen LogP contribution in [0.5, 0.6) is 5.88 Å². The van der Waals surface area contributed by atoms with E-state index in [9.17, 15) is 9.18 Å². The number of nitrogens with one attached hydrogen (secondary N) is 2. The molecule has 0 radical (unpaired) electrons. The molecule has 1 aromatic rings. The van der Waals surface area contributed by atoms with Gasteiger partial charge in [0.25, 0.3) is 0 Å². The van der Waals surface area contributed by atoms with Crippen molar-refractivity contribution in [2.75, 3.05) is 18.5 Å². The fourth-order valence-electron chi connectivity index (χ4n) is 2.20. The Balaban J connectivity index is 0.00000242. The van der Waals surface area contributed by atoms with Crippen LogP contribution in [0.25, 0.3) is 0 Å². The monoisotopic (exact) mass is 331 g/mol. The summed E-state index contributed by atoms with van der Waals surface area (Å²) >= 11 is 0. The van der Waals surface area contributed by atoms with Crippen LogP contribution in [-0.2, 0) is 4.79 Å². The van der Waals surface area contributed by atoms with Gasteiger partial charge in [-0.05, 0) is 12.5 Å². The predicted octanol–water partition coefficient (Wildman–Crippen LogP) is 2.71. The molecule has 1 fully saturated rings. The number of carbonyl (C=O) groups excluding carboxylic acids is 1. The zero-order valence-corrected chi connectivity index (χ0v) is 13.5. The maximum Gasteiger partial charge on any atom is 0.242 e. The highest BCUT2D eigenvalue weighted by atomic mass is 35.5. The second-order valence-electron chi connectivity index (χ2n) is 5.20. The highest BCUT2D eigenvalue weighted by Gasteiger charge is 2.29. The number of alkyl halides is 1. The smallest absolute Gasteiger partial charge is 0.242 e. The van der Waals surface area contributed by atoms with E-state index in [4.69, 9.17) is 4.74 Å². The Kier molecular flexibility index (Phi) is 8.12. The van der Waals surface area contributed by atoms with E-state index in [1.807, 2.05) is 0 Å². The molecule has 1 aliphatic heterocycles. The van der Waals surface area contributed by atoms with Gasteiger partial charge >= 0.3 is 0 Å². The van der Waals surface area contributed by atoms with E-state index >= 15 is 0 Å². The van der Waals surface area contributed by atoms with Gasteiger partial charge in [0.2, 0.25) is 11.8 Å². The lowest BCUT2D eigenvalue weighted by Crippen LogP contribution is -2.35. The summed E-state index contributed by atoms with van der Waals surface area (Å²) in [6.45, 7) is 2.98. The molecule has 2 atom stereocenters. The average molecular weight is 332 g/mol. The van der Waals surface area contributed by atoms with Gasteiger partial charge < -0.3 is 15.4 Å². The SMILES string of the molecule is CCCCCOc1cccc(NC(=O)[C@@H]2C[C@@H](F)CN2)n1.Cl. The van der Waals surface area contributed by atoms with Crippen molar-refractivity contribution < 1.29 is 13.9 Å². The van der Waals surface area contributed by atoms with Crippen LogP contribution in [0.3, 0.4) is 0 Å². The zero-order valence-electron chi connectivity index (χ0n) is 12.7. The van der Waals surface area contributed by atoms with Crippen molar-refractivity contribution in [2.24, 2.45) is 0 Å². The van der Waals surface area contributed by atoms with Crippen molar-refractivity contribution in [3.63, 3.8) is 0 Å². The summed E-state index contributed by atoms with van der Waals surface area (Å²) < 4.78 is 18.6. The molecule has 1 saturated heterocycles. The molecule has 0 saturated carbocycles. The van der Waals surface area contributed by atoms with Crippen LogP contribution < -0.4 is 15.4 Å². The standard InChI is InChI=1S/C15H22FN3O2.ClH/c1-2-3-4-8-21-14-7-5-6-13(18-14)19-15(20)12-9-11(16)10-17-12;/h5-7,11-12,17H,2-4,8-10H2,1H3,(H,18,19,20);1H/t11-,12+;/m1./s1. The second-order valence-corrected chi connectivity index (χ2v) is 5.20. The molecule has 0 spiro atoms. The molecule has 22 heavy (non-hydrogen) atoms. The number of hydrogen-bond donors (Lipinski definition) is 2. The van der Waals surface area contributed by atoms with Gasteiger partial charge in [-0.3, -0.25) is 4.79 Å². The van der Waals surface area contributed by atoms with Crippen LogP contribution in [0.15, 0.2) is 18.2 Å². The van der Waals surface area contributed by atoms with E-state index in [0.717, 1.165) is 19.3 Å². The lowest BCUT2D eigenvalue weighted by Gasteiger charge is -2.11. The molecule has 0 aromatic carbocycles. The first-order chi connectivity index (χ1) is 10.2. The van der Waals surface area contributed by atoms with Gasteiger partial charge in [-0.1, -0.05) is 25.8 Å². The van der Waals surface area contributed by atoms with Gasteiger partial charge in [-0.2, -0.15) is 4.98 Å². The molecule has 1 amide bonds. The summed E-state index contributed by atoms with van der Waals surface area (Å²) in [6.07, 6.45) is 2.49. The average Bonchev–Trinajstić information content (AvgIpc) is 2.91. The molecular weight excluding hydrogens is 309 g/mol. The maximum atomic E-state index is 13.1. The van der Waals surface area contributed by atoms with Crippen LogP contribution in [0.2, 0.25) is 0 Å². The predicted molar refractivity (Wildman–Crippen MR) is 86.4 cm³/mol. The van der Waals surface area contributed by atoms with Crippen LogP contribution in [-0.4, -0.2) is 36.3 Å². The van der Waals surface area contributed by atoms with E-state index in [1.165, 1.54) is 0 Å². The molecule has 0 bridgehead atoms. The van der Waals surface area contributed by atoms with Crippen LogP contribution in [0.1, 0.15) is 32.6 Å². The van der Waals surface area contributed by atoms with E-state index in [0.29, 0.717) is 18.3 Å². The highest BCUT2D eigenvalue weighted by molar-refractivity contribution is 5.94. The summed E-state index contributed by atoms with van der Waals surface area (Å²) in [5.41, 5.74) is 0. The van der Waals surface area contributed by atoms with Gasteiger partial charge in [0.15, 0.2) is 0 Å². The van der Waals surface area contributed by atoms with Crippen LogP contribution in [0, 0.1) is 0 Å². The summed E-state index contributed by atoms with van der Waals surface area (Å²) in [6, 6.07) is 4.74. The van der Waals surface area contributed by atoms with Crippen molar-refractivity contribution in [2.45, 2.75) is 44.8 Å². The minimum atomic E-state index is -0.957. The Morgan fingerprint density at radius 3 is 3.00 bits per heavy atom. The fraction of sp³-hybridized carbons (Fsp3) is 0.600. The number of pyridine rings is 1. The molecule has 2 N–H and O–H groups in total. The van der Waals surface area contributed by atoms with Crippen molar-refractivity contribution in [3.8, 4) is 5.88 Å². The lowest BCUT2D eigenvalue weighted by molar-refractivity contribution is -0.117. The zero-order chi connectivity index (χ0) is 15.1. The number of hydrogen-bond acceptors (Lipinski definition) is 4. The number of carbonyl (C=O) groups is 1. The van der Waals surface area contributed by atoms with Crippen LogP contribution >= 0.6 is 12.4 Å². The van der Waals surface area contributed by atoms with E-state index < -0.39 is 12.2 Å². The summed E-state index contributed by atoms with van der Waals surface area (Å²) in [5.74, 6) is 0.662. The lowest BCUT2D eigenvalue weighted by atomic mass is 10.2. The molecule has 124 valence electrons. The Hall–Kier alpha value is -1.40. The first-order valence-corrected chi connectivity index (χ1v) is 7.47. The first-order valence-electron chi connectivity index (χ1n) is 7.47. The Morgan fingerprint density at radius 2 is 2.32 bits per heavy atom. The number of halogens is 2. The summed E-state index contributed by atoms with van der Waals surface area (Å²) in [7, 11) is 0. The largest absolute Gasteiger partial charge is 0.478 e. The quantitative estimate of drug-likeness (QED) is 0.754. The third kappa shape index (κ3) is 5.77. The molecule has 1 aromatic heterocycles. The van der Waals surface area contributed by atoms with Gasteiger partial charge in [0, 0.05) is 19.0 Å². The minimum Gasteiger partial charge on any atom is -0.478 e. The van der Waals surface area contributed by atoms with E-state index in [1.54, 1.807) is 18.2 Å². The molecule has 2 heterocycles. The Labute approximate surface area is 136 Å². The third-order valence-electron chi connectivity index (χ3n) is 3.37. The molecule has 5 nitrogen and oxygen atoms in total. The second kappa shape index (κ2) is 9.58. The third-order valence-corrected chi connectivity index (χ3v) is 3.37. The first kappa shape index (κ1) is 18.6. The topological polar surface area (TPSA) is 63.2 Å². The highest BCUT2D eigenvalue weighted by Crippen LogP contribution is 2.15. The van der Waals surface area contributed by atoms with E-state index in [-0.39, 0.29) is 31.3 Å². The Bertz CT molecular complexity index is 476. The molecule has 2 rings (SSSR count). The molecule has 1 aliphatic rings. The number of rotatable bonds is 7. The van der Waals surface area contributed by atoms with Gasteiger partial charge in [-0.25, -0.2) is 4.39 Å². The Morgan fingerprint density at radius 1 is 1.50 bits per heavy atom. The number of nitrogens with zero attached hydrogens (tertiary/aromatic N) is 1. The molecule has 0 aliphatic carbocycles. The van der Waals surface area contributed by atoms with Crippen molar-refractivity contribution in [1.29, 1.82) is 0 Å². The normalized spacial score (nSPS) is 20.3. The number of aromatic nitrogens is 1. The number of amides is 1. The van der Waals surface area contributed by atoms with Gasteiger partial charge in [0.05, 0.1) is 12.6 Å². The van der Waals surface area contributed by atoms with Crippen molar-refractivity contribution >= 4 is 24.1 Å². The number of anilines is 1. The number of unbranched alkanes of at least 4 members (excludes halogenated alkanes) is 2. The fourth-order valence-corrected chi connectivity index (χ4v) is 2.20. The van der Waals surface area contributed by atoms with Crippen LogP contribution in [0.4, 0.5) is 10.2 Å². The summed E-state index contributed by atoms with van der Waals surface area (Å²) in [5, 5.41) is 5.53. The van der Waals surface area contributed by atoms with E-state index in [2.05, 4.69) is 22.5 Å². The summed E-state index contributed by atoms with van der Waals surface area (Å²) in [4.78, 5) is 16.2. The van der Waals surface area contributed by atoms with Gasteiger partial charge in [-0.15, -0.1) is 12.4 Å². The molecule has 7 heteroatoms. The van der Waals surface area contributed by atoms with Gasteiger partial charge in [0.1, 0.15) is 12.0 Å². The van der Waals surface area contributed by atoms with Crippen molar-refractivity contribution in [3.05, 3.63) is 18.2 Å². The number of ether oxygens (including phenoxy) is 1. The minimum absolute atomic E-state index is 0. The van der Waals surface area contributed by atoms with Crippen molar-refractivity contribution in [1.82, 2.24) is 10.3 Å². The maximum absolute atomic E-state index is 13.1.